The van der Waals surface area contributed by atoms with E-state index in [1.807, 2.05) is 13.8 Å². The molecule has 1 aromatic rings. The van der Waals surface area contributed by atoms with Crippen LogP contribution < -0.4 is 10.6 Å². The predicted octanol–water partition coefficient (Wildman–Crippen LogP) is 3.52. The number of fused-ring (bicyclic) bond motifs is 2. The summed E-state index contributed by atoms with van der Waals surface area (Å²) >= 11 is 0. The molecule has 0 bridgehead atoms. The molecule has 8 nitrogen and oxygen atoms in total. The summed E-state index contributed by atoms with van der Waals surface area (Å²) in [6, 6.07) is 6.05. The number of aldehydes is 1. The molecule has 0 aromatic heterocycles. The van der Waals surface area contributed by atoms with E-state index in [1.54, 1.807) is 12.1 Å². The molecular formula is C29H41N5O3. The van der Waals surface area contributed by atoms with Gasteiger partial charge in [-0.1, -0.05) is 32.4 Å². The second-order valence-corrected chi connectivity index (χ2v) is 9.65. The Bertz CT molecular complexity index is 1060. The first-order valence-electron chi connectivity index (χ1n) is 13.7. The highest BCUT2D eigenvalue weighted by atomic mass is 16.7. The summed E-state index contributed by atoms with van der Waals surface area (Å²) < 4.78 is 0. The molecule has 1 unspecified atom stereocenters. The van der Waals surface area contributed by atoms with Crippen molar-refractivity contribution in [2.75, 3.05) is 33.4 Å². The van der Waals surface area contributed by atoms with Crippen LogP contribution in [-0.4, -0.2) is 66.4 Å². The largest absolute Gasteiger partial charge is 0.372 e. The Kier molecular flexibility index (Phi) is 9.55. The van der Waals surface area contributed by atoms with Gasteiger partial charge in [0.05, 0.1) is 31.2 Å². The molecule has 37 heavy (non-hydrogen) atoms. The summed E-state index contributed by atoms with van der Waals surface area (Å²) in [6.07, 6.45) is 12.2. The molecule has 8 heteroatoms. The molecular weight excluding hydrogens is 466 g/mol. The molecule has 5 rings (SSSR count). The second-order valence-electron chi connectivity index (χ2n) is 9.65. The standard InChI is InChI=1S/C27H35N5O3.C2H6/c1-28-27(34)25(6-5-11-33)32-17-23-14-21(7-8-22(23)18-35-32)26-13-20(12-24-15-29-19-31(24)26)16-30-9-3-2-4-10-30;1-2/h7-8,11-15,25,29H,2-6,9-10,16-19H2,1H3,(H,28,34);1-2H3. The van der Waals surface area contributed by atoms with Gasteiger partial charge in [-0.15, -0.1) is 0 Å². The number of hydroxylamine groups is 2. The fourth-order valence-electron chi connectivity index (χ4n) is 5.38. The number of piperidine rings is 1. The van der Waals surface area contributed by atoms with Crippen LogP contribution in [0.15, 0.2) is 47.8 Å². The van der Waals surface area contributed by atoms with Crippen LogP contribution >= 0.6 is 0 Å². The van der Waals surface area contributed by atoms with Crippen molar-refractivity contribution in [2.24, 2.45) is 0 Å². The van der Waals surface area contributed by atoms with Gasteiger partial charge >= 0.3 is 0 Å². The Balaban J connectivity index is 0.00000156. The quantitative estimate of drug-likeness (QED) is 0.522. The van der Waals surface area contributed by atoms with Crippen LogP contribution in [-0.2, 0) is 27.6 Å². The maximum absolute atomic E-state index is 12.5. The van der Waals surface area contributed by atoms with E-state index >= 15 is 0 Å². The molecule has 4 heterocycles. The van der Waals surface area contributed by atoms with Gasteiger partial charge in [0, 0.05) is 26.2 Å². The minimum absolute atomic E-state index is 0.133. The van der Waals surface area contributed by atoms with Crippen molar-refractivity contribution in [1.82, 2.24) is 25.5 Å². The van der Waals surface area contributed by atoms with Crippen LogP contribution in [0.5, 0.6) is 0 Å². The lowest BCUT2D eigenvalue weighted by molar-refractivity contribution is -0.214. The Morgan fingerprint density at radius 3 is 2.73 bits per heavy atom. The van der Waals surface area contributed by atoms with Gasteiger partial charge < -0.3 is 20.3 Å². The zero-order valence-electron chi connectivity index (χ0n) is 22.5. The van der Waals surface area contributed by atoms with E-state index in [2.05, 4.69) is 57.0 Å². The molecule has 2 N–H and O–H groups in total. The maximum atomic E-state index is 12.5. The number of nitrogens with one attached hydrogen (secondary N) is 2. The number of rotatable bonds is 8. The SMILES string of the molecule is CC.CNC(=O)C(CCC=O)N1Cc2cc(C3=CC(CN4CCCCC4)=CC4=CNCN43)ccc2CO1. The van der Waals surface area contributed by atoms with Gasteiger partial charge in [0.2, 0.25) is 5.91 Å². The minimum Gasteiger partial charge on any atom is -0.372 e. The van der Waals surface area contributed by atoms with Crippen LogP contribution in [0.3, 0.4) is 0 Å². The minimum atomic E-state index is -0.493. The molecule has 0 aliphatic carbocycles. The molecule has 1 saturated heterocycles. The zero-order valence-corrected chi connectivity index (χ0v) is 22.5. The highest BCUT2D eigenvalue weighted by Gasteiger charge is 2.30. The molecule has 0 spiro atoms. The van der Waals surface area contributed by atoms with E-state index in [1.165, 1.54) is 49.3 Å². The van der Waals surface area contributed by atoms with E-state index in [0.29, 0.717) is 26.0 Å². The van der Waals surface area contributed by atoms with Gasteiger partial charge in [-0.05, 0) is 72.8 Å². The fraction of sp³-hybridized carbons (Fsp3) is 0.517. The third kappa shape index (κ3) is 6.32. The summed E-state index contributed by atoms with van der Waals surface area (Å²) in [6.45, 7) is 9.00. The van der Waals surface area contributed by atoms with E-state index in [0.717, 1.165) is 36.2 Å². The van der Waals surface area contributed by atoms with Crippen molar-refractivity contribution in [3.05, 3.63) is 64.5 Å². The first-order chi connectivity index (χ1) is 18.2. The number of allylic oxidation sites excluding steroid dienone is 1. The monoisotopic (exact) mass is 507 g/mol. The Labute approximate surface area is 221 Å². The van der Waals surface area contributed by atoms with Crippen molar-refractivity contribution < 1.29 is 14.4 Å². The number of hydrogen-bond donors (Lipinski definition) is 2. The van der Waals surface area contributed by atoms with Crippen LogP contribution in [0.2, 0.25) is 0 Å². The van der Waals surface area contributed by atoms with Gasteiger partial charge in [0.15, 0.2) is 0 Å². The summed E-state index contributed by atoms with van der Waals surface area (Å²) in [7, 11) is 1.62. The first kappa shape index (κ1) is 27.1. The summed E-state index contributed by atoms with van der Waals surface area (Å²) in [5, 5.41) is 7.81. The topological polar surface area (TPSA) is 77.2 Å². The maximum Gasteiger partial charge on any atom is 0.239 e. The van der Waals surface area contributed by atoms with Crippen LogP contribution in [0, 0.1) is 0 Å². The van der Waals surface area contributed by atoms with Gasteiger partial charge in [-0.25, -0.2) is 0 Å². The number of likely N-dealkylation sites (N-methyl/N-ethyl adjacent to an activating group) is 1. The van der Waals surface area contributed by atoms with Gasteiger partial charge in [-0.2, -0.15) is 5.06 Å². The summed E-state index contributed by atoms with van der Waals surface area (Å²) in [5.74, 6) is -0.133. The van der Waals surface area contributed by atoms with Crippen molar-refractivity contribution in [3.8, 4) is 0 Å². The average Bonchev–Trinajstić information content (AvgIpc) is 3.42. The molecule has 0 saturated carbocycles. The van der Waals surface area contributed by atoms with Gasteiger partial charge in [0.1, 0.15) is 12.3 Å². The Hall–Kier alpha value is -2.94. The highest BCUT2D eigenvalue weighted by Crippen LogP contribution is 2.34. The smallest absolute Gasteiger partial charge is 0.239 e. The fourth-order valence-corrected chi connectivity index (χ4v) is 5.38. The molecule has 0 radical (unpaired) electrons. The van der Waals surface area contributed by atoms with Gasteiger partial charge in [-0.3, -0.25) is 14.5 Å². The normalized spacial score (nSPS) is 20.2. The lowest BCUT2D eigenvalue weighted by Gasteiger charge is -2.34. The van der Waals surface area contributed by atoms with Crippen molar-refractivity contribution >= 4 is 17.9 Å². The summed E-state index contributed by atoms with van der Waals surface area (Å²) in [5.41, 5.74) is 7.18. The van der Waals surface area contributed by atoms with E-state index < -0.39 is 6.04 Å². The molecule has 1 aromatic carbocycles. The Morgan fingerprint density at radius 1 is 1.16 bits per heavy atom. The number of nitrogens with zero attached hydrogens (tertiary/aromatic N) is 3. The van der Waals surface area contributed by atoms with E-state index in [4.69, 9.17) is 4.84 Å². The number of carbonyl (C=O) groups excluding carboxylic acids is 2. The first-order valence-corrected chi connectivity index (χ1v) is 13.7. The number of likely N-dealkylation sites (tertiary alicyclic amines) is 1. The predicted molar refractivity (Wildman–Crippen MR) is 146 cm³/mol. The number of hydrogen-bond acceptors (Lipinski definition) is 7. The summed E-state index contributed by atoms with van der Waals surface area (Å²) in [4.78, 5) is 34.2. The van der Waals surface area contributed by atoms with Crippen molar-refractivity contribution in [3.63, 3.8) is 0 Å². The second kappa shape index (κ2) is 13.0. The van der Waals surface area contributed by atoms with Crippen LogP contribution in [0.1, 0.15) is 62.6 Å². The third-order valence-electron chi connectivity index (χ3n) is 7.28. The van der Waals surface area contributed by atoms with E-state index in [-0.39, 0.29) is 5.91 Å². The number of benzene rings is 1. The van der Waals surface area contributed by atoms with Gasteiger partial charge in [0.25, 0.3) is 0 Å². The Morgan fingerprint density at radius 2 is 1.97 bits per heavy atom. The molecule has 200 valence electrons. The molecule has 1 amide bonds. The van der Waals surface area contributed by atoms with Crippen molar-refractivity contribution in [1.29, 1.82) is 0 Å². The van der Waals surface area contributed by atoms with Crippen molar-refractivity contribution in [2.45, 2.75) is 65.1 Å². The number of amides is 1. The molecule has 4 aliphatic heterocycles. The zero-order chi connectivity index (χ0) is 26.2. The van der Waals surface area contributed by atoms with E-state index in [9.17, 15) is 9.59 Å². The molecule has 4 aliphatic rings. The lowest BCUT2D eigenvalue weighted by atomic mass is 9.97. The lowest BCUT2D eigenvalue weighted by Crippen LogP contribution is -2.47. The number of carbonyl (C=O) groups is 2. The third-order valence-corrected chi connectivity index (χ3v) is 7.28. The highest BCUT2D eigenvalue weighted by molar-refractivity contribution is 5.81. The molecule has 1 fully saturated rings. The average molecular weight is 508 g/mol. The van der Waals surface area contributed by atoms with Crippen LogP contribution in [0.25, 0.3) is 5.70 Å². The molecule has 1 atom stereocenters. The van der Waals surface area contributed by atoms with Crippen LogP contribution in [0.4, 0.5) is 0 Å².